The molecule has 0 saturated carbocycles. The SMILES string of the molecule is COc1ccc(C(=O)N2CCN(c3nc(-c4ccccc4)nc(C)c3Cc3ccc(Cl)cc3)CC2)cc1. The number of halogens is 1. The van der Waals surface area contributed by atoms with Crippen LogP contribution in [0.2, 0.25) is 5.02 Å². The van der Waals surface area contributed by atoms with Crippen molar-refractivity contribution in [1.82, 2.24) is 14.9 Å². The third-order valence-corrected chi connectivity index (χ3v) is 6.97. The lowest BCUT2D eigenvalue weighted by Crippen LogP contribution is -2.49. The zero-order valence-electron chi connectivity index (χ0n) is 21.0. The van der Waals surface area contributed by atoms with E-state index in [4.69, 9.17) is 26.3 Å². The zero-order valence-corrected chi connectivity index (χ0v) is 21.8. The van der Waals surface area contributed by atoms with E-state index in [1.165, 1.54) is 0 Å². The van der Waals surface area contributed by atoms with Crippen LogP contribution < -0.4 is 9.64 Å². The number of rotatable bonds is 6. The molecule has 1 aliphatic heterocycles. The topological polar surface area (TPSA) is 58.6 Å². The predicted octanol–water partition coefficient (Wildman–Crippen LogP) is 5.67. The van der Waals surface area contributed by atoms with E-state index in [-0.39, 0.29) is 5.91 Å². The average molecular weight is 513 g/mol. The van der Waals surface area contributed by atoms with Gasteiger partial charge in [0, 0.05) is 60.0 Å². The number of aromatic nitrogens is 2. The summed E-state index contributed by atoms with van der Waals surface area (Å²) in [4.78, 5) is 27.2. The van der Waals surface area contributed by atoms with Crippen molar-refractivity contribution >= 4 is 23.3 Å². The summed E-state index contributed by atoms with van der Waals surface area (Å²) in [5.41, 5.74) is 4.85. The molecular weight excluding hydrogens is 484 g/mol. The third kappa shape index (κ3) is 5.59. The van der Waals surface area contributed by atoms with Gasteiger partial charge in [-0.25, -0.2) is 9.97 Å². The molecule has 1 aromatic heterocycles. The summed E-state index contributed by atoms with van der Waals surface area (Å²) in [7, 11) is 1.62. The highest BCUT2D eigenvalue weighted by atomic mass is 35.5. The minimum absolute atomic E-state index is 0.0348. The van der Waals surface area contributed by atoms with E-state index in [1.54, 1.807) is 7.11 Å². The number of nitrogens with zero attached hydrogens (tertiary/aromatic N) is 4. The van der Waals surface area contributed by atoms with Crippen molar-refractivity contribution in [3.05, 3.63) is 106 Å². The molecular formula is C30H29ClN4O2. The molecule has 0 bridgehead atoms. The molecule has 1 saturated heterocycles. The molecule has 4 aromatic rings. The summed E-state index contributed by atoms with van der Waals surface area (Å²) in [5, 5.41) is 0.717. The largest absolute Gasteiger partial charge is 0.497 e. The van der Waals surface area contributed by atoms with Crippen molar-refractivity contribution in [3.63, 3.8) is 0 Å². The summed E-state index contributed by atoms with van der Waals surface area (Å²) < 4.78 is 5.22. The molecule has 0 atom stereocenters. The standard InChI is InChI=1S/C30H29ClN4O2/c1-21-27(20-22-8-12-25(31)13-9-22)29(33-28(32-21)23-6-4-3-5-7-23)34-16-18-35(19-17-34)30(36)24-10-14-26(37-2)15-11-24/h3-15H,16-20H2,1-2H3. The van der Waals surface area contributed by atoms with Crippen LogP contribution in [-0.2, 0) is 6.42 Å². The monoisotopic (exact) mass is 512 g/mol. The molecule has 1 fully saturated rings. The molecule has 37 heavy (non-hydrogen) atoms. The van der Waals surface area contributed by atoms with E-state index in [9.17, 15) is 4.79 Å². The van der Waals surface area contributed by atoms with Gasteiger partial charge in [0.1, 0.15) is 11.6 Å². The summed E-state index contributed by atoms with van der Waals surface area (Å²) in [6.45, 7) is 4.68. The highest BCUT2D eigenvalue weighted by Gasteiger charge is 2.26. The van der Waals surface area contributed by atoms with Gasteiger partial charge in [-0.1, -0.05) is 54.1 Å². The molecule has 7 heteroatoms. The fraction of sp³-hybridized carbons (Fsp3) is 0.233. The van der Waals surface area contributed by atoms with Crippen LogP contribution in [0.15, 0.2) is 78.9 Å². The predicted molar refractivity (Wildman–Crippen MR) is 148 cm³/mol. The Morgan fingerprint density at radius 1 is 0.892 bits per heavy atom. The van der Waals surface area contributed by atoms with Crippen molar-refractivity contribution in [3.8, 4) is 17.1 Å². The number of hydrogen-bond donors (Lipinski definition) is 0. The molecule has 1 amide bonds. The van der Waals surface area contributed by atoms with Gasteiger partial charge >= 0.3 is 0 Å². The van der Waals surface area contributed by atoms with Gasteiger partial charge in [0.2, 0.25) is 0 Å². The minimum Gasteiger partial charge on any atom is -0.497 e. The maximum Gasteiger partial charge on any atom is 0.253 e. The second kappa shape index (κ2) is 11.0. The first-order valence-corrected chi connectivity index (χ1v) is 12.8. The average Bonchev–Trinajstić information content (AvgIpc) is 2.95. The Morgan fingerprint density at radius 2 is 1.57 bits per heavy atom. The van der Waals surface area contributed by atoms with Gasteiger partial charge in [0.05, 0.1) is 7.11 Å². The Hall–Kier alpha value is -3.90. The van der Waals surface area contributed by atoms with Crippen LogP contribution in [0.3, 0.4) is 0 Å². The van der Waals surface area contributed by atoms with Gasteiger partial charge in [0.15, 0.2) is 5.82 Å². The van der Waals surface area contributed by atoms with Gasteiger partial charge in [-0.05, 0) is 48.9 Å². The lowest BCUT2D eigenvalue weighted by atomic mass is 10.0. The fourth-order valence-corrected chi connectivity index (χ4v) is 4.74. The second-order valence-electron chi connectivity index (χ2n) is 9.11. The first-order chi connectivity index (χ1) is 18.0. The lowest BCUT2D eigenvalue weighted by molar-refractivity contribution is 0.0746. The van der Waals surface area contributed by atoms with Crippen molar-refractivity contribution in [1.29, 1.82) is 0 Å². The molecule has 0 radical (unpaired) electrons. The number of amides is 1. The van der Waals surface area contributed by atoms with Crippen LogP contribution in [-0.4, -0.2) is 54.1 Å². The number of hydrogen-bond acceptors (Lipinski definition) is 5. The quantitative estimate of drug-likeness (QED) is 0.333. The van der Waals surface area contributed by atoms with Crippen molar-refractivity contribution in [2.24, 2.45) is 0 Å². The Balaban J connectivity index is 1.41. The maximum atomic E-state index is 13.1. The van der Waals surface area contributed by atoms with Crippen molar-refractivity contribution < 1.29 is 9.53 Å². The van der Waals surface area contributed by atoms with Crippen LogP contribution in [0.25, 0.3) is 11.4 Å². The molecule has 6 nitrogen and oxygen atoms in total. The summed E-state index contributed by atoms with van der Waals surface area (Å²) in [6.07, 6.45) is 0.707. The highest BCUT2D eigenvalue weighted by molar-refractivity contribution is 6.30. The number of carbonyl (C=O) groups excluding carboxylic acids is 1. The van der Waals surface area contributed by atoms with E-state index < -0.39 is 0 Å². The van der Waals surface area contributed by atoms with E-state index in [0.717, 1.165) is 34.0 Å². The minimum atomic E-state index is 0.0348. The Kier molecular flexibility index (Phi) is 7.37. The smallest absolute Gasteiger partial charge is 0.253 e. The Labute approximate surface area is 222 Å². The van der Waals surface area contributed by atoms with E-state index >= 15 is 0 Å². The molecule has 0 unspecified atom stereocenters. The van der Waals surface area contributed by atoms with E-state index in [1.807, 2.05) is 90.7 Å². The molecule has 0 N–H and O–H groups in total. The molecule has 2 heterocycles. The zero-order chi connectivity index (χ0) is 25.8. The molecule has 3 aromatic carbocycles. The van der Waals surface area contributed by atoms with Crippen LogP contribution >= 0.6 is 11.6 Å². The fourth-order valence-electron chi connectivity index (χ4n) is 4.61. The Bertz CT molecular complexity index is 1370. The molecule has 1 aliphatic rings. The summed E-state index contributed by atoms with van der Waals surface area (Å²) in [6, 6.07) is 25.2. The molecule has 0 spiro atoms. The normalized spacial score (nSPS) is 13.5. The van der Waals surface area contributed by atoms with Crippen molar-refractivity contribution in [2.75, 3.05) is 38.2 Å². The van der Waals surface area contributed by atoms with Gasteiger partial charge in [-0.15, -0.1) is 0 Å². The second-order valence-corrected chi connectivity index (χ2v) is 9.55. The molecule has 5 rings (SSSR count). The number of aryl methyl sites for hydroxylation is 1. The number of methoxy groups -OCH3 is 1. The van der Waals surface area contributed by atoms with Gasteiger partial charge in [-0.2, -0.15) is 0 Å². The number of ether oxygens (including phenoxy) is 1. The van der Waals surface area contributed by atoms with Crippen LogP contribution in [0, 0.1) is 6.92 Å². The summed E-state index contributed by atoms with van der Waals surface area (Å²) >= 11 is 6.11. The van der Waals surface area contributed by atoms with Gasteiger partial charge < -0.3 is 14.5 Å². The maximum absolute atomic E-state index is 13.1. The van der Waals surface area contributed by atoms with Crippen LogP contribution in [0.1, 0.15) is 27.2 Å². The number of benzene rings is 3. The Morgan fingerprint density at radius 3 is 2.22 bits per heavy atom. The van der Waals surface area contributed by atoms with Crippen LogP contribution in [0.5, 0.6) is 5.75 Å². The van der Waals surface area contributed by atoms with Gasteiger partial charge in [-0.3, -0.25) is 4.79 Å². The first-order valence-electron chi connectivity index (χ1n) is 12.4. The van der Waals surface area contributed by atoms with Crippen LogP contribution in [0.4, 0.5) is 5.82 Å². The lowest BCUT2D eigenvalue weighted by Gasteiger charge is -2.36. The summed E-state index contributed by atoms with van der Waals surface area (Å²) in [5.74, 6) is 2.41. The third-order valence-electron chi connectivity index (χ3n) is 6.72. The number of anilines is 1. The number of piperazine rings is 1. The van der Waals surface area contributed by atoms with E-state index in [2.05, 4.69) is 4.90 Å². The van der Waals surface area contributed by atoms with Crippen molar-refractivity contribution in [2.45, 2.75) is 13.3 Å². The highest BCUT2D eigenvalue weighted by Crippen LogP contribution is 2.29. The van der Waals surface area contributed by atoms with E-state index in [0.29, 0.717) is 49.0 Å². The molecule has 188 valence electrons. The van der Waals surface area contributed by atoms with Gasteiger partial charge in [0.25, 0.3) is 5.91 Å². The number of carbonyl (C=O) groups is 1. The molecule has 0 aliphatic carbocycles. The first kappa shape index (κ1) is 24.8.